The highest BCUT2D eigenvalue weighted by molar-refractivity contribution is 9.10. The summed E-state index contributed by atoms with van der Waals surface area (Å²) in [5.74, 6) is -2.40. The Balaban J connectivity index is 1.34. The van der Waals surface area contributed by atoms with Crippen LogP contribution in [0.4, 0.5) is 11.4 Å². The lowest BCUT2D eigenvalue weighted by Gasteiger charge is -2.51. The molecule has 8 fully saturated rings. The summed E-state index contributed by atoms with van der Waals surface area (Å²) in [5, 5.41) is 55.4. The summed E-state index contributed by atoms with van der Waals surface area (Å²) in [6.45, 7) is -1.38. The van der Waals surface area contributed by atoms with E-state index in [2.05, 4.69) is 10.6 Å². The second-order valence-electron chi connectivity index (χ2n) is 13.6. The maximum atomic E-state index is 15.0. The van der Waals surface area contributed by atoms with Crippen molar-refractivity contribution in [1.29, 1.82) is 0 Å². The summed E-state index contributed by atoms with van der Waals surface area (Å²) >= 11 is 0. The Morgan fingerprint density at radius 2 is 1.00 bits per heavy atom. The number of likely N-dealkylation sites (N-methyl/N-ethyl adjacent to an activating group) is 2. The largest absolute Gasteiger partial charge is 0.392 e. The van der Waals surface area contributed by atoms with Crippen molar-refractivity contribution in [2.75, 3.05) is 37.9 Å². The molecule has 10 aliphatic rings. The van der Waals surface area contributed by atoms with Gasteiger partial charge in [0.15, 0.2) is 0 Å². The Labute approximate surface area is 307 Å². The molecule has 0 unspecified atom stereocenters. The molecule has 0 saturated carbocycles. The van der Waals surface area contributed by atoms with Gasteiger partial charge in [-0.15, -0.1) is 0 Å². The zero-order valence-electron chi connectivity index (χ0n) is 26.0. The Morgan fingerprint density at radius 3 is 1.38 bits per heavy atom. The minimum absolute atomic E-state index is 0.492. The van der Waals surface area contributed by atoms with E-state index in [0.717, 1.165) is 62.8 Å². The van der Waals surface area contributed by atoms with Gasteiger partial charge in [0.05, 0.1) is 24.0 Å². The average molecular weight is 793 g/mol. The summed E-state index contributed by atoms with van der Waals surface area (Å²) in [5.41, 5.74) is -1.54. The summed E-state index contributed by atoms with van der Waals surface area (Å²) in [4.78, 5) is 57.5. The third kappa shape index (κ3) is 2.88. The summed E-state index contributed by atoms with van der Waals surface area (Å²) in [6, 6.07) is 14.3. The summed E-state index contributed by atoms with van der Waals surface area (Å²) in [6.07, 6.45) is -5.90. The number of anilines is 2. The van der Waals surface area contributed by atoms with E-state index in [0.29, 0.717) is 22.5 Å². The number of hydrogen-bond donors (Lipinski definition) is 6. The van der Waals surface area contributed by atoms with Gasteiger partial charge >= 0.3 is 0 Å². The Hall–Kier alpha value is -2.14. The van der Waals surface area contributed by atoms with E-state index >= 15 is 0 Å². The van der Waals surface area contributed by atoms with Crippen LogP contribution >= 0.6 is 62.8 Å². The van der Waals surface area contributed by atoms with Crippen molar-refractivity contribution in [2.45, 2.75) is 54.9 Å². The molecule has 6 N–H and O–H groups in total. The van der Waals surface area contributed by atoms with Gasteiger partial charge in [-0.2, -0.15) is 0 Å². The number of nitrogens with zero attached hydrogens (tertiary/aromatic N) is 4. The Kier molecular flexibility index (Phi) is 6.43. The summed E-state index contributed by atoms with van der Waals surface area (Å²) in [7, 11) is 9.25. The monoisotopic (exact) mass is 792 g/mol. The number of carbonyl (C=O) groups is 4. The molecule has 50 heavy (non-hydrogen) atoms. The van der Waals surface area contributed by atoms with Gasteiger partial charge in [-0.25, -0.2) is 0 Å². The van der Waals surface area contributed by atoms with Crippen molar-refractivity contribution in [3.63, 3.8) is 0 Å². The molecule has 4 amide bonds. The van der Waals surface area contributed by atoms with Crippen LogP contribution in [0.15, 0.2) is 48.5 Å². The van der Waals surface area contributed by atoms with E-state index in [1.54, 1.807) is 48.5 Å². The number of aliphatic hydroxyl groups excluding tert-OH is 4. The predicted molar refractivity (Wildman–Crippen MR) is 193 cm³/mol. The van der Waals surface area contributed by atoms with E-state index in [1.165, 1.54) is 33.7 Å². The zero-order chi connectivity index (χ0) is 35.0. The lowest BCUT2D eigenvalue weighted by molar-refractivity contribution is -0.168. The molecule has 8 saturated heterocycles. The SMILES string of the molecule is CN1C(=O)[C@]23SSS[C@@]1(CO)C(=O)N2[C@H]1Nc2ccccc2[C@@]1([C@]12c4ccccc4N[C@@H]1N1C(=O)[C@]4(CO)SSS[C@]1(C(=O)N4C)[C@H]2O)[C@@H]3O. The van der Waals surface area contributed by atoms with Crippen LogP contribution in [0, 0.1) is 0 Å². The molecule has 0 aromatic heterocycles. The van der Waals surface area contributed by atoms with Gasteiger partial charge in [-0.05, 0) is 86.1 Å². The van der Waals surface area contributed by atoms with E-state index < -0.39 is 91.7 Å². The highest BCUT2D eigenvalue weighted by Crippen LogP contribution is 2.78. The number of nitrogens with one attached hydrogen (secondary N) is 2. The van der Waals surface area contributed by atoms with Gasteiger partial charge in [-0.3, -0.25) is 29.0 Å². The molecule has 262 valence electrons. The standard InChI is InChI=1S/C30H28N6O8S6/c1-33-23(43)29-17(39)27(13-7-3-5-9-15(13)31-19(27)35(29)21(41)25(33,11-37)45-49-47-29)28-14-8-4-6-10-16(14)32-20(28)36-22(42)26(12-38)34(2)24(44)30(36,18(28)40)48-50-46-26/h3-10,17-20,31-32,37-40H,11-12H2,1-2H3/t17-,18-,19+,20+,25-,26-,27-,28+,29-,30-/m0/s1. The fourth-order valence-corrected chi connectivity index (χ4v) is 21.7. The van der Waals surface area contributed by atoms with Crippen molar-refractivity contribution in [1.82, 2.24) is 19.6 Å². The van der Waals surface area contributed by atoms with Crippen LogP contribution in [0.1, 0.15) is 11.1 Å². The number of benzene rings is 2. The Bertz CT molecular complexity index is 1850. The molecule has 0 aliphatic carbocycles. The molecule has 10 heterocycles. The van der Waals surface area contributed by atoms with E-state index in [-0.39, 0.29) is 0 Å². The fraction of sp³-hybridized carbons (Fsp3) is 0.467. The van der Waals surface area contributed by atoms with Gasteiger partial charge in [0, 0.05) is 25.5 Å². The predicted octanol–water partition coefficient (Wildman–Crippen LogP) is 0.572. The van der Waals surface area contributed by atoms with Crippen LogP contribution in [0.3, 0.4) is 0 Å². The highest BCUT2D eigenvalue weighted by atomic mass is 33.5. The molecule has 10 atom stereocenters. The van der Waals surface area contributed by atoms with Crippen molar-refractivity contribution in [3.8, 4) is 0 Å². The Morgan fingerprint density at radius 1 is 0.620 bits per heavy atom. The number of hydrogen-bond acceptors (Lipinski definition) is 16. The first-order chi connectivity index (χ1) is 24.0. The number of para-hydroxylation sites is 2. The number of amides is 4. The van der Waals surface area contributed by atoms with Crippen molar-refractivity contribution in [2.24, 2.45) is 0 Å². The highest BCUT2D eigenvalue weighted by Gasteiger charge is 2.92. The second kappa shape index (κ2) is 9.88. The smallest absolute Gasteiger partial charge is 0.265 e. The number of fused-ring (bicyclic) bond motifs is 13. The van der Waals surface area contributed by atoms with Crippen molar-refractivity contribution >= 4 is 97.8 Å². The topological polar surface area (TPSA) is 186 Å². The van der Waals surface area contributed by atoms with Gasteiger partial charge < -0.3 is 40.9 Å². The lowest BCUT2D eigenvalue weighted by atomic mass is 9.52. The lowest BCUT2D eigenvalue weighted by Crippen LogP contribution is -2.75. The molecule has 4 bridgehead atoms. The molecular formula is C30H28N6O8S6. The third-order valence-electron chi connectivity index (χ3n) is 12.2. The van der Waals surface area contributed by atoms with Crippen LogP contribution in [0.5, 0.6) is 0 Å². The molecule has 2 aromatic carbocycles. The van der Waals surface area contributed by atoms with Crippen LogP contribution in [-0.2, 0) is 30.0 Å². The average Bonchev–Trinajstić information content (AvgIpc) is 3.65. The molecule has 2 spiro atoms. The molecule has 12 rings (SSSR count). The van der Waals surface area contributed by atoms with Crippen LogP contribution < -0.4 is 10.6 Å². The van der Waals surface area contributed by atoms with Crippen LogP contribution in [0.25, 0.3) is 0 Å². The van der Waals surface area contributed by atoms with Crippen molar-refractivity contribution < 1.29 is 39.6 Å². The minimum atomic E-state index is -1.95. The van der Waals surface area contributed by atoms with Gasteiger partial charge in [0.2, 0.25) is 19.5 Å². The van der Waals surface area contributed by atoms with E-state index in [4.69, 9.17) is 0 Å². The third-order valence-corrected chi connectivity index (χ3v) is 22.3. The maximum Gasteiger partial charge on any atom is 0.265 e. The van der Waals surface area contributed by atoms with E-state index in [1.807, 2.05) is 0 Å². The minimum Gasteiger partial charge on any atom is -0.392 e. The van der Waals surface area contributed by atoms with Gasteiger partial charge in [0.25, 0.3) is 23.6 Å². The molecular weight excluding hydrogens is 765 g/mol. The number of rotatable bonds is 3. The first kappa shape index (κ1) is 32.5. The summed E-state index contributed by atoms with van der Waals surface area (Å²) < 4.78 is 0. The second-order valence-corrected chi connectivity index (χ2v) is 22.4. The molecule has 10 aliphatic heterocycles. The quantitative estimate of drug-likeness (QED) is 0.237. The number of aliphatic hydroxyl groups is 4. The zero-order valence-corrected chi connectivity index (χ0v) is 30.9. The van der Waals surface area contributed by atoms with Crippen molar-refractivity contribution in [3.05, 3.63) is 59.7 Å². The van der Waals surface area contributed by atoms with Crippen LogP contribution in [-0.4, -0.2) is 135 Å². The number of carbonyl (C=O) groups excluding carboxylic acids is 4. The van der Waals surface area contributed by atoms with Gasteiger partial charge in [0.1, 0.15) is 24.5 Å². The first-order valence-corrected chi connectivity index (χ1v) is 22.5. The van der Waals surface area contributed by atoms with Crippen LogP contribution in [0.2, 0.25) is 0 Å². The van der Waals surface area contributed by atoms with Gasteiger partial charge in [-0.1, -0.05) is 36.4 Å². The molecule has 0 radical (unpaired) electrons. The maximum absolute atomic E-state index is 15.0. The van der Waals surface area contributed by atoms with E-state index in [9.17, 15) is 39.6 Å². The molecule has 14 nitrogen and oxygen atoms in total. The first-order valence-electron chi connectivity index (χ1n) is 15.6. The molecule has 20 heteroatoms. The molecule has 2 aromatic rings. The number of piperazine rings is 2. The fourth-order valence-electron chi connectivity index (χ4n) is 10.0. The normalized spacial score (nSPS) is 44.7.